The number of Topliss-reactive ketones (excluding diaryl/α,β-unsaturated/α-hetero) is 1. The molecule has 11 nitrogen and oxygen atoms in total. The fourth-order valence-corrected chi connectivity index (χ4v) is 7.91. The number of aliphatic carboxylic acids is 1. The molecule has 3 aliphatic rings. The molecule has 2 N–H and O–H groups in total. The third-order valence-corrected chi connectivity index (χ3v) is 10.7. The van der Waals surface area contributed by atoms with E-state index in [9.17, 15) is 14.7 Å². The van der Waals surface area contributed by atoms with E-state index in [-0.39, 0.29) is 12.0 Å². The number of nitrogens with one attached hydrogen (secondary N) is 1. The largest absolute Gasteiger partial charge is 0.481 e. The van der Waals surface area contributed by atoms with Gasteiger partial charge in [0.25, 0.3) is 0 Å². The summed E-state index contributed by atoms with van der Waals surface area (Å²) in [6.07, 6.45) is 5.88. The van der Waals surface area contributed by atoms with E-state index in [0.29, 0.717) is 85.5 Å². The number of likely N-dealkylation sites (tertiary alicyclic amines) is 1. The molecule has 3 heterocycles. The number of benzene rings is 2. The molecule has 2 aliphatic carbocycles. The Balaban J connectivity index is 1.06. The van der Waals surface area contributed by atoms with Crippen LogP contribution >= 0.6 is 11.6 Å². The number of carboxylic acids is 1. The molecule has 1 saturated heterocycles. The second-order valence-electron chi connectivity index (χ2n) is 13.6. The molecule has 2 fully saturated rings. The van der Waals surface area contributed by atoms with E-state index < -0.39 is 5.97 Å². The highest BCUT2D eigenvalue weighted by atomic mass is 35.5. The summed E-state index contributed by atoms with van der Waals surface area (Å²) < 4.78 is 17.7. The highest BCUT2D eigenvalue weighted by molar-refractivity contribution is 6.36. The van der Waals surface area contributed by atoms with Crippen LogP contribution in [0.1, 0.15) is 60.6 Å². The maximum absolute atomic E-state index is 11.6. The Morgan fingerprint density at radius 1 is 0.980 bits per heavy atom. The maximum Gasteiger partial charge on any atom is 0.307 e. The molecule has 2 aromatic heterocycles. The number of methoxy groups -OCH3 is 2. The van der Waals surface area contributed by atoms with Gasteiger partial charge in [0.05, 0.1) is 37.1 Å². The van der Waals surface area contributed by atoms with Crippen molar-refractivity contribution in [2.45, 2.75) is 57.7 Å². The Labute approximate surface area is 302 Å². The molecule has 266 valence electrons. The number of ketones is 1. The van der Waals surface area contributed by atoms with Crippen molar-refractivity contribution in [2.75, 3.05) is 33.9 Å². The van der Waals surface area contributed by atoms with Crippen molar-refractivity contribution in [1.29, 1.82) is 0 Å². The summed E-state index contributed by atoms with van der Waals surface area (Å²) in [6.45, 7) is 3.03. The van der Waals surface area contributed by atoms with Gasteiger partial charge in [-0.3, -0.25) is 14.5 Å². The van der Waals surface area contributed by atoms with E-state index in [1.807, 2.05) is 36.4 Å². The van der Waals surface area contributed by atoms with E-state index in [0.717, 1.165) is 59.3 Å². The standard InChI is InChI=1S/C39H42ClN5O6/c1-49-37-24(19-41-18-23-9-11-26(46)17-23)10-13-32(43-37)31-8-4-7-30(36(31)40)27-5-3-6-29-28(27)12-14-34(29)51-35-20-42-33(38(44-35)50-2)22-45-16-15-25(21-45)39(47)48/h3-8,10,13,20,23,25,34,41H,9,11-12,14-19,21-22H2,1-2H3,(H,47,48)/t23-,25-,34+/m1/s1. The number of carbonyl (C=O) groups is 2. The second-order valence-corrected chi connectivity index (χ2v) is 13.9. The summed E-state index contributed by atoms with van der Waals surface area (Å²) in [5, 5.41) is 13.4. The van der Waals surface area contributed by atoms with Gasteiger partial charge >= 0.3 is 5.97 Å². The van der Waals surface area contributed by atoms with Gasteiger partial charge in [-0.25, -0.2) is 9.97 Å². The first-order chi connectivity index (χ1) is 24.8. The van der Waals surface area contributed by atoms with Gasteiger partial charge in [0.2, 0.25) is 17.6 Å². The summed E-state index contributed by atoms with van der Waals surface area (Å²) in [5.74, 6) is 0.901. The monoisotopic (exact) mass is 711 g/mol. The molecular formula is C39H42ClN5O6. The van der Waals surface area contributed by atoms with Crippen molar-refractivity contribution in [1.82, 2.24) is 25.2 Å². The number of carboxylic acid groups (broad SMARTS) is 1. The SMILES string of the molecule is COc1nc(-c2cccc(-c3cccc4c3CC[C@@H]4Oc3cnc(CN4CC[C@@H](C(=O)O)C4)c(OC)n3)c2Cl)ccc1CNC[C@@H]1CCC(=O)C1. The number of ether oxygens (including phenoxy) is 3. The number of carbonyl (C=O) groups excluding carboxylic acids is 1. The van der Waals surface area contributed by atoms with Gasteiger partial charge < -0.3 is 24.6 Å². The highest BCUT2D eigenvalue weighted by Crippen LogP contribution is 2.44. The molecule has 0 bridgehead atoms. The van der Waals surface area contributed by atoms with Crippen LogP contribution in [0.2, 0.25) is 5.02 Å². The van der Waals surface area contributed by atoms with E-state index in [1.54, 1.807) is 20.4 Å². The first kappa shape index (κ1) is 34.9. The zero-order chi connectivity index (χ0) is 35.5. The van der Waals surface area contributed by atoms with Crippen molar-refractivity contribution in [3.63, 3.8) is 0 Å². The van der Waals surface area contributed by atoms with Gasteiger partial charge in [-0.2, -0.15) is 4.98 Å². The van der Waals surface area contributed by atoms with Gasteiger partial charge in [0.1, 0.15) is 17.6 Å². The zero-order valence-corrected chi connectivity index (χ0v) is 29.6. The normalized spacial score (nSPS) is 20.1. The maximum atomic E-state index is 11.6. The molecular weight excluding hydrogens is 670 g/mol. The Bertz CT molecular complexity index is 1940. The van der Waals surface area contributed by atoms with Crippen LogP contribution in [0, 0.1) is 11.8 Å². The number of nitrogens with zero attached hydrogens (tertiary/aromatic N) is 4. The molecule has 3 atom stereocenters. The minimum absolute atomic E-state index is 0.220. The van der Waals surface area contributed by atoms with E-state index in [1.165, 1.54) is 5.56 Å². The molecule has 0 unspecified atom stereocenters. The van der Waals surface area contributed by atoms with E-state index in [2.05, 4.69) is 32.3 Å². The van der Waals surface area contributed by atoms with Crippen molar-refractivity contribution in [3.05, 3.63) is 82.1 Å². The molecule has 1 saturated carbocycles. The lowest BCUT2D eigenvalue weighted by Crippen LogP contribution is -2.23. The Morgan fingerprint density at radius 3 is 2.55 bits per heavy atom. The lowest BCUT2D eigenvalue weighted by Gasteiger charge is -2.18. The number of hydrogen-bond acceptors (Lipinski definition) is 10. The van der Waals surface area contributed by atoms with Crippen LogP contribution < -0.4 is 19.5 Å². The Hall–Kier alpha value is -4.58. The van der Waals surface area contributed by atoms with Gasteiger partial charge in [-0.15, -0.1) is 0 Å². The number of fused-ring (bicyclic) bond motifs is 1. The molecule has 51 heavy (non-hydrogen) atoms. The number of hydrogen-bond donors (Lipinski definition) is 2. The smallest absolute Gasteiger partial charge is 0.307 e. The van der Waals surface area contributed by atoms with Gasteiger partial charge in [-0.05, 0) is 67.4 Å². The van der Waals surface area contributed by atoms with Crippen LogP contribution in [-0.2, 0) is 29.1 Å². The summed E-state index contributed by atoms with van der Waals surface area (Å²) in [7, 11) is 3.17. The van der Waals surface area contributed by atoms with Crippen LogP contribution in [0.4, 0.5) is 0 Å². The highest BCUT2D eigenvalue weighted by Gasteiger charge is 2.31. The van der Waals surface area contributed by atoms with Crippen molar-refractivity contribution < 1.29 is 28.9 Å². The van der Waals surface area contributed by atoms with Crippen LogP contribution in [0.5, 0.6) is 17.6 Å². The summed E-state index contributed by atoms with van der Waals surface area (Å²) in [6, 6.07) is 16.2. The molecule has 0 amide bonds. The molecule has 0 radical (unpaired) electrons. The van der Waals surface area contributed by atoms with Crippen LogP contribution in [0.15, 0.2) is 54.7 Å². The first-order valence-corrected chi connectivity index (χ1v) is 17.9. The number of aromatic nitrogens is 3. The quantitative estimate of drug-likeness (QED) is 0.162. The van der Waals surface area contributed by atoms with E-state index >= 15 is 0 Å². The molecule has 12 heteroatoms. The topological polar surface area (TPSA) is 136 Å². The zero-order valence-electron chi connectivity index (χ0n) is 28.9. The fraction of sp³-hybridized carbons (Fsp3) is 0.410. The average molecular weight is 712 g/mol. The third kappa shape index (κ3) is 7.56. The third-order valence-electron chi connectivity index (χ3n) is 10.2. The molecule has 0 spiro atoms. The number of halogens is 1. The molecule has 2 aromatic carbocycles. The first-order valence-electron chi connectivity index (χ1n) is 17.5. The molecule has 1 aliphatic heterocycles. The summed E-state index contributed by atoms with van der Waals surface area (Å²) in [5.41, 5.74) is 7.35. The minimum atomic E-state index is -0.767. The molecule has 7 rings (SSSR count). The Kier molecular flexibility index (Phi) is 10.5. The second kappa shape index (κ2) is 15.3. The fourth-order valence-electron chi connectivity index (χ4n) is 7.58. The summed E-state index contributed by atoms with van der Waals surface area (Å²) in [4.78, 5) is 39.1. The van der Waals surface area contributed by atoms with Crippen molar-refractivity contribution in [2.24, 2.45) is 11.8 Å². The van der Waals surface area contributed by atoms with Crippen LogP contribution in [0.25, 0.3) is 22.4 Å². The van der Waals surface area contributed by atoms with Crippen LogP contribution in [0.3, 0.4) is 0 Å². The number of pyridine rings is 1. The average Bonchev–Trinajstić information content (AvgIpc) is 3.89. The lowest BCUT2D eigenvalue weighted by atomic mass is 9.94. The van der Waals surface area contributed by atoms with Crippen LogP contribution in [-0.4, -0.2) is 70.6 Å². The number of rotatable bonds is 13. The van der Waals surface area contributed by atoms with Gasteiger partial charge in [0, 0.05) is 49.2 Å². The predicted octanol–water partition coefficient (Wildman–Crippen LogP) is 6.31. The Morgan fingerprint density at radius 2 is 1.78 bits per heavy atom. The van der Waals surface area contributed by atoms with Gasteiger partial charge in [0.15, 0.2) is 0 Å². The molecule has 4 aromatic rings. The van der Waals surface area contributed by atoms with Crippen molar-refractivity contribution >= 4 is 23.4 Å². The minimum Gasteiger partial charge on any atom is -0.481 e. The van der Waals surface area contributed by atoms with Gasteiger partial charge in [-0.1, -0.05) is 54.1 Å². The predicted molar refractivity (Wildman–Crippen MR) is 192 cm³/mol. The van der Waals surface area contributed by atoms with E-state index in [4.69, 9.17) is 30.8 Å². The summed E-state index contributed by atoms with van der Waals surface area (Å²) >= 11 is 7.16. The van der Waals surface area contributed by atoms with Crippen molar-refractivity contribution in [3.8, 4) is 40.0 Å². The lowest BCUT2D eigenvalue weighted by molar-refractivity contribution is -0.141.